The molecule has 0 bridgehead atoms. The third kappa shape index (κ3) is 1.10. The largest absolute Gasteiger partial charge is 0.252 e. The monoisotopic (exact) mass is 166 g/mol. The minimum absolute atomic E-state index is 0.591. The lowest BCUT2D eigenvalue weighted by atomic mass is 9.79. The summed E-state index contributed by atoms with van der Waals surface area (Å²) < 4.78 is 0. The third-order valence-corrected chi connectivity index (χ3v) is 3.33. The van der Waals surface area contributed by atoms with Crippen LogP contribution in [0.1, 0.15) is 26.2 Å². The Morgan fingerprint density at radius 3 is 3.00 bits per heavy atom. The van der Waals surface area contributed by atoms with Crippen LogP contribution >= 0.6 is 0 Å². The molecule has 0 aromatic heterocycles. The predicted molar refractivity (Wildman–Crippen MR) is 50.6 cm³/mol. The standard InChI is InChI=1S/C10H18N2/c1-7-5-4-6-9-10(7)8(2)11-12(9)3/h8-11H,1,4-6H2,2-3H3. The molecule has 12 heavy (non-hydrogen) atoms. The molecule has 0 spiro atoms. The zero-order valence-corrected chi connectivity index (χ0v) is 8.01. The molecule has 3 unspecified atom stereocenters. The van der Waals surface area contributed by atoms with Crippen molar-refractivity contribution >= 4 is 0 Å². The average Bonchev–Trinajstić information content (AvgIpc) is 2.29. The van der Waals surface area contributed by atoms with Crippen LogP contribution in [0.2, 0.25) is 0 Å². The molecule has 1 aliphatic heterocycles. The fourth-order valence-corrected chi connectivity index (χ4v) is 2.78. The van der Waals surface area contributed by atoms with E-state index in [-0.39, 0.29) is 0 Å². The molecule has 1 saturated heterocycles. The van der Waals surface area contributed by atoms with E-state index in [1.54, 1.807) is 0 Å². The number of hydrogen-bond acceptors (Lipinski definition) is 2. The quantitative estimate of drug-likeness (QED) is 0.549. The van der Waals surface area contributed by atoms with E-state index in [1.807, 2.05) is 0 Å². The first kappa shape index (κ1) is 8.27. The minimum Gasteiger partial charge on any atom is -0.252 e. The van der Waals surface area contributed by atoms with E-state index in [1.165, 1.54) is 24.8 Å². The summed E-state index contributed by atoms with van der Waals surface area (Å²) in [6, 6.07) is 1.30. The lowest BCUT2D eigenvalue weighted by Crippen LogP contribution is -2.36. The molecule has 0 amide bonds. The number of nitrogens with one attached hydrogen (secondary N) is 1. The topological polar surface area (TPSA) is 15.3 Å². The molecule has 0 aromatic carbocycles. The van der Waals surface area contributed by atoms with Gasteiger partial charge in [0.2, 0.25) is 0 Å². The van der Waals surface area contributed by atoms with Gasteiger partial charge in [-0.15, -0.1) is 0 Å². The van der Waals surface area contributed by atoms with E-state index in [9.17, 15) is 0 Å². The van der Waals surface area contributed by atoms with Gasteiger partial charge in [-0.2, -0.15) is 0 Å². The van der Waals surface area contributed by atoms with Crippen molar-refractivity contribution in [3.05, 3.63) is 12.2 Å². The lowest BCUT2D eigenvalue weighted by molar-refractivity contribution is 0.199. The van der Waals surface area contributed by atoms with Crippen LogP contribution in [-0.2, 0) is 0 Å². The van der Waals surface area contributed by atoms with Crippen molar-refractivity contribution in [3.8, 4) is 0 Å². The average molecular weight is 166 g/mol. The molecule has 2 nitrogen and oxygen atoms in total. The summed E-state index contributed by atoms with van der Waals surface area (Å²) in [5.41, 5.74) is 4.92. The number of fused-ring (bicyclic) bond motifs is 1. The Hall–Kier alpha value is -0.340. The van der Waals surface area contributed by atoms with Gasteiger partial charge in [0, 0.05) is 25.0 Å². The Bertz CT molecular complexity index is 200. The van der Waals surface area contributed by atoms with E-state index >= 15 is 0 Å². The van der Waals surface area contributed by atoms with Crippen molar-refractivity contribution in [1.29, 1.82) is 0 Å². The summed E-state index contributed by atoms with van der Waals surface area (Å²) in [6.45, 7) is 6.44. The molecule has 0 aromatic rings. The van der Waals surface area contributed by atoms with Crippen LogP contribution in [0.3, 0.4) is 0 Å². The fourth-order valence-electron chi connectivity index (χ4n) is 2.78. The zero-order valence-electron chi connectivity index (χ0n) is 8.01. The van der Waals surface area contributed by atoms with Crippen molar-refractivity contribution < 1.29 is 0 Å². The van der Waals surface area contributed by atoms with Crippen LogP contribution in [0.25, 0.3) is 0 Å². The van der Waals surface area contributed by atoms with E-state index in [2.05, 4.69) is 31.0 Å². The van der Waals surface area contributed by atoms with E-state index in [4.69, 9.17) is 0 Å². The predicted octanol–water partition coefficient (Wildman–Crippen LogP) is 1.55. The third-order valence-electron chi connectivity index (χ3n) is 3.33. The molecule has 0 radical (unpaired) electrons. The normalized spacial score (nSPS) is 43.2. The molecule has 2 aliphatic rings. The fraction of sp³-hybridized carbons (Fsp3) is 0.800. The first-order valence-electron chi connectivity index (χ1n) is 4.87. The second-order valence-corrected chi connectivity index (χ2v) is 4.17. The van der Waals surface area contributed by atoms with E-state index in [0.717, 1.165) is 0 Å². The molecule has 1 aliphatic carbocycles. The molecule has 3 atom stereocenters. The molecule has 2 fully saturated rings. The highest BCUT2D eigenvalue weighted by Crippen LogP contribution is 2.36. The molecule has 1 N–H and O–H groups in total. The van der Waals surface area contributed by atoms with Crippen LogP contribution in [-0.4, -0.2) is 24.1 Å². The smallest absolute Gasteiger partial charge is 0.0321 e. The van der Waals surface area contributed by atoms with Crippen LogP contribution in [0.4, 0.5) is 0 Å². The maximum atomic E-state index is 4.18. The molecular weight excluding hydrogens is 148 g/mol. The van der Waals surface area contributed by atoms with Crippen LogP contribution in [0.5, 0.6) is 0 Å². The highest BCUT2D eigenvalue weighted by Gasteiger charge is 2.40. The van der Waals surface area contributed by atoms with Crippen LogP contribution in [0, 0.1) is 5.92 Å². The van der Waals surface area contributed by atoms with Gasteiger partial charge in [-0.1, -0.05) is 12.2 Å². The van der Waals surface area contributed by atoms with Crippen molar-refractivity contribution in [3.63, 3.8) is 0 Å². The van der Waals surface area contributed by atoms with Crippen molar-refractivity contribution in [2.24, 2.45) is 5.92 Å². The lowest BCUT2D eigenvalue weighted by Gasteiger charge is -2.30. The van der Waals surface area contributed by atoms with Crippen molar-refractivity contribution in [2.45, 2.75) is 38.3 Å². The van der Waals surface area contributed by atoms with Crippen LogP contribution < -0.4 is 5.43 Å². The van der Waals surface area contributed by atoms with Crippen LogP contribution in [0.15, 0.2) is 12.2 Å². The maximum Gasteiger partial charge on any atom is 0.0321 e. The van der Waals surface area contributed by atoms with Gasteiger partial charge in [0.15, 0.2) is 0 Å². The Labute approximate surface area is 74.6 Å². The van der Waals surface area contributed by atoms with Gasteiger partial charge in [0.25, 0.3) is 0 Å². The number of hydrazine groups is 1. The van der Waals surface area contributed by atoms with Crippen molar-refractivity contribution in [2.75, 3.05) is 7.05 Å². The summed E-state index contributed by atoms with van der Waals surface area (Å²) in [5.74, 6) is 0.698. The molecule has 1 saturated carbocycles. The van der Waals surface area contributed by atoms with Gasteiger partial charge in [0.1, 0.15) is 0 Å². The molecule has 1 heterocycles. The second-order valence-electron chi connectivity index (χ2n) is 4.17. The number of nitrogens with zero attached hydrogens (tertiary/aromatic N) is 1. The van der Waals surface area contributed by atoms with Gasteiger partial charge in [-0.3, -0.25) is 5.43 Å². The Morgan fingerprint density at radius 1 is 1.58 bits per heavy atom. The first-order chi connectivity index (χ1) is 5.70. The van der Waals surface area contributed by atoms with E-state index < -0.39 is 0 Å². The minimum atomic E-state index is 0.591. The number of hydrogen-bond donors (Lipinski definition) is 1. The Kier molecular flexibility index (Phi) is 1.97. The molecule has 68 valence electrons. The van der Waals surface area contributed by atoms with Gasteiger partial charge in [-0.25, -0.2) is 5.01 Å². The zero-order chi connectivity index (χ0) is 8.72. The van der Waals surface area contributed by atoms with Crippen molar-refractivity contribution in [1.82, 2.24) is 10.4 Å². The summed E-state index contributed by atoms with van der Waals surface area (Å²) in [6.07, 6.45) is 3.89. The summed E-state index contributed by atoms with van der Waals surface area (Å²) >= 11 is 0. The first-order valence-corrected chi connectivity index (χ1v) is 4.87. The van der Waals surface area contributed by atoms with Gasteiger partial charge < -0.3 is 0 Å². The van der Waals surface area contributed by atoms with Gasteiger partial charge in [0.05, 0.1) is 0 Å². The summed E-state index contributed by atoms with van der Waals surface area (Å²) in [5, 5.41) is 2.28. The summed E-state index contributed by atoms with van der Waals surface area (Å²) in [4.78, 5) is 0. The molecular formula is C10H18N2. The highest BCUT2D eigenvalue weighted by molar-refractivity contribution is 5.13. The second kappa shape index (κ2) is 2.86. The Morgan fingerprint density at radius 2 is 2.33 bits per heavy atom. The SMILES string of the molecule is C=C1CCCC2C1C(C)NN2C. The van der Waals surface area contributed by atoms with Gasteiger partial charge in [-0.05, 0) is 26.2 Å². The molecule has 2 heteroatoms. The summed E-state index contributed by atoms with van der Waals surface area (Å²) in [7, 11) is 2.15. The molecule has 2 rings (SSSR count). The maximum absolute atomic E-state index is 4.18. The number of rotatable bonds is 0. The van der Waals surface area contributed by atoms with Gasteiger partial charge >= 0.3 is 0 Å². The highest BCUT2D eigenvalue weighted by atomic mass is 15.5. The Balaban J connectivity index is 2.19. The van der Waals surface area contributed by atoms with E-state index in [0.29, 0.717) is 18.0 Å².